The van der Waals surface area contributed by atoms with Crippen LogP contribution in [0.3, 0.4) is 0 Å². The van der Waals surface area contributed by atoms with Gasteiger partial charge < -0.3 is 14.7 Å². The molecule has 0 aliphatic carbocycles. The third-order valence-electron chi connectivity index (χ3n) is 5.76. The van der Waals surface area contributed by atoms with Crippen molar-refractivity contribution in [2.45, 2.75) is 33.1 Å². The van der Waals surface area contributed by atoms with Crippen molar-refractivity contribution < 1.29 is 4.79 Å². The summed E-state index contributed by atoms with van der Waals surface area (Å²) in [7, 11) is 0. The SMILES string of the molecule is Cc1nc(N2CCCCC2)cc(N2CCN(C(=O)c3ccccc3C)CC2)n1. The van der Waals surface area contributed by atoms with E-state index in [4.69, 9.17) is 0 Å². The first-order valence-corrected chi connectivity index (χ1v) is 10.3. The van der Waals surface area contributed by atoms with Gasteiger partial charge in [0.05, 0.1) is 0 Å². The number of piperidine rings is 1. The van der Waals surface area contributed by atoms with Crippen molar-refractivity contribution in [2.75, 3.05) is 49.1 Å². The molecule has 0 bridgehead atoms. The van der Waals surface area contributed by atoms with E-state index >= 15 is 0 Å². The predicted octanol–water partition coefficient (Wildman–Crippen LogP) is 3.05. The van der Waals surface area contributed by atoms with Crippen molar-refractivity contribution >= 4 is 17.5 Å². The maximum absolute atomic E-state index is 12.9. The number of piperazine rings is 1. The lowest BCUT2D eigenvalue weighted by molar-refractivity contribution is 0.0745. The Kier molecular flexibility index (Phi) is 5.46. The number of aromatic nitrogens is 2. The number of carbonyl (C=O) groups is 1. The second kappa shape index (κ2) is 8.17. The van der Waals surface area contributed by atoms with Crippen LogP contribution in [0.25, 0.3) is 0 Å². The molecular formula is C22H29N5O. The maximum atomic E-state index is 12.9. The molecule has 2 aliphatic rings. The number of hydrogen-bond acceptors (Lipinski definition) is 5. The Morgan fingerprint density at radius 1 is 0.821 bits per heavy atom. The van der Waals surface area contributed by atoms with Crippen LogP contribution in [0.5, 0.6) is 0 Å². The molecule has 2 fully saturated rings. The Labute approximate surface area is 167 Å². The third kappa shape index (κ3) is 3.96. The number of hydrogen-bond donors (Lipinski definition) is 0. The van der Waals surface area contributed by atoms with Crippen molar-refractivity contribution in [1.29, 1.82) is 0 Å². The van der Waals surface area contributed by atoms with Gasteiger partial charge in [0.25, 0.3) is 5.91 Å². The molecule has 1 amide bonds. The lowest BCUT2D eigenvalue weighted by atomic mass is 10.1. The molecule has 2 aromatic rings. The van der Waals surface area contributed by atoms with E-state index in [0.717, 1.165) is 67.9 Å². The number of carbonyl (C=O) groups excluding carboxylic acids is 1. The van der Waals surface area contributed by atoms with Crippen molar-refractivity contribution in [3.05, 3.63) is 47.3 Å². The smallest absolute Gasteiger partial charge is 0.254 e. The van der Waals surface area contributed by atoms with Crippen LogP contribution in [0.15, 0.2) is 30.3 Å². The Hall–Kier alpha value is -2.63. The summed E-state index contributed by atoms with van der Waals surface area (Å²) in [5.41, 5.74) is 1.84. The van der Waals surface area contributed by atoms with E-state index in [1.165, 1.54) is 19.3 Å². The molecule has 0 atom stereocenters. The summed E-state index contributed by atoms with van der Waals surface area (Å²) in [5.74, 6) is 2.97. The zero-order valence-corrected chi connectivity index (χ0v) is 16.9. The second-order valence-electron chi connectivity index (χ2n) is 7.77. The molecule has 3 heterocycles. The molecular weight excluding hydrogens is 350 g/mol. The van der Waals surface area contributed by atoms with E-state index in [9.17, 15) is 4.79 Å². The topological polar surface area (TPSA) is 52.6 Å². The maximum Gasteiger partial charge on any atom is 0.254 e. The molecule has 1 aromatic heterocycles. The predicted molar refractivity (Wildman–Crippen MR) is 112 cm³/mol. The van der Waals surface area contributed by atoms with Crippen LogP contribution in [0.2, 0.25) is 0 Å². The van der Waals surface area contributed by atoms with Crippen LogP contribution in [0.1, 0.15) is 41.0 Å². The van der Waals surface area contributed by atoms with E-state index in [1.54, 1.807) is 0 Å². The summed E-state index contributed by atoms with van der Waals surface area (Å²) in [6.07, 6.45) is 3.78. The number of benzene rings is 1. The van der Waals surface area contributed by atoms with Gasteiger partial charge in [-0.3, -0.25) is 4.79 Å². The Balaban J connectivity index is 1.44. The second-order valence-corrected chi connectivity index (χ2v) is 7.77. The van der Waals surface area contributed by atoms with Gasteiger partial charge in [0.15, 0.2) is 0 Å². The van der Waals surface area contributed by atoms with Gasteiger partial charge in [-0.2, -0.15) is 0 Å². The molecule has 148 valence electrons. The standard InChI is InChI=1S/C22H29N5O/c1-17-8-4-5-9-19(17)22(28)27-14-12-26(13-15-27)21-16-20(23-18(2)24-21)25-10-6-3-7-11-25/h4-5,8-9,16H,3,6-7,10-15H2,1-2H3. The molecule has 6 heteroatoms. The number of amides is 1. The number of rotatable bonds is 3. The Morgan fingerprint density at radius 2 is 1.43 bits per heavy atom. The van der Waals surface area contributed by atoms with Crippen LogP contribution in [-0.4, -0.2) is 60.0 Å². The molecule has 0 unspecified atom stereocenters. The van der Waals surface area contributed by atoms with Gasteiger partial charge in [0.2, 0.25) is 0 Å². The van der Waals surface area contributed by atoms with E-state index in [0.29, 0.717) is 0 Å². The highest BCUT2D eigenvalue weighted by Gasteiger charge is 2.24. The summed E-state index contributed by atoms with van der Waals surface area (Å²) >= 11 is 0. The first-order valence-electron chi connectivity index (χ1n) is 10.3. The lowest BCUT2D eigenvalue weighted by Gasteiger charge is -2.36. The third-order valence-corrected chi connectivity index (χ3v) is 5.76. The van der Waals surface area contributed by atoms with Gasteiger partial charge in [-0.1, -0.05) is 18.2 Å². The fraction of sp³-hybridized carbons (Fsp3) is 0.500. The molecule has 28 heavy (non-hydrogen) atoms. The normalized spacial score (nSPS) is 17.7. The van der Waals surface area contributed by atoms with Crippen LogP contribution < -0.4 is 9.80 Å². The average molecular weight is 380 g/mol. The molecule has 0 saturated carbocycles. The van der Waals surface area contributed by atoms with Gasteiger partial charge >= 0.3 is 0 Å². The number of anilines is 2. The van der Waals surface area contributed by atoms with Gasteiger partial charge in [0.1, 0.15) is 17.5 Å². The molecule has 0 N–H and O–H groups in total. The minimum Gasteiger partial charge on any atom is -0.356 e. The lowest BCUT2D eigenvalue weighted by Crippen LogP contribution is -2.49. The molecule has 0 spiro atoms. The zero-order chi connectivity index (χ0) is 19.5. The van der Waals surface area contributed by atoms with E-state index in [1.807, 2.05) is 43.0 Å². The van der Waals surface area contributed by atoms with Crippen LogP contribution in [0.4, 0.5) is 11.6 Å². The monoisotopic (exact) mass is 379 g/mol. The summed E-state index contributed by atoms with van der Waals surface area (Å²) < 4.78 is 0. The quantitative estimate of drug-likeness (QED) is 0.820. The summed E-state index contributed by atoms with van der Waals surface area (Å²) in [6, 6.07) is 9.94. The highest BCUT2D eigenvalue weighted by Crippen LogP contribution is 2.23. The van der Waals surface area contributed by atoms with Gasteiger partial charge in [-0.15, -0.1) is 0 Å². The Bertz CT molecular complexity index is 839. The summed E-state index contributed by atoms with van der Waals surface area (Å²) in [4.78, 5) is 28.8. The molecule has 6 nitrogen and oxygen atoms in total. The highest BCUT2D eigenvalue weighted by atomic mass is 16.2. The average Bonchev–Trinajstić information content (AvgIpc) is 2.74. The fourth-order valence-corrected chi connectivity index (χ4v) is 4.11. The van der Waals surface area contributed by atoms with Crippen molar-refractivity contribution in [3.8, 4) is 0 Å². The van der Waals surface area contributed by atoms with E-state index < -0.39 is 0 Å². The summed E-state index contributed by atoms with van der Waals surface area (Å²) in [6.45, 7) is 9.15. The van der Waals surface area contributed by atoms with Crippen LogP contribution in [-0.2, 0) is 0 Å². The van der Waals surface area contributed by atoms with Gasteiger partial charge in [-0.25, -0.2) is 9.97 Å². The zero-order valence-electron chi connectivity index (χ0n) is 16.9. The fourth-order valence-electron chi connectivity index (χ4n) is 4.11. The Morgan fingerprint density at radius 3 is 2.07 bits per heavy atom. The highest BCUT2D eigenvalue weighted by molar-refractivity contribution is 5.95. The minimum atomic E-state index is 0.130. The van der Waals surface area contributed by atoms with E-state index in [2.05, 4.69) is 25.8 Å². The molecule has 1 aromatic carbocycles. The van der Waals surface area contributed by atoms with E-state index in [-0.39, 0.29) is 5.91 Å². The van der Waals surface area contributed by atoms with Gasteiger partial charge in [-0.05, 0) is 44.7 Å². The van der Waals surface area contributed by atoms with Crippen molar-refractivity contribution in [2.24, 2.45) is 0 Å². The van der Waals surface area contributed by atoms with Crippen LogP contribution >= 0.6 is 0 Å². The summed E-state index contributed by atoms with van der Waals surface area (Å²) in [5, 5.41) is 0. The molecule has 0 radical (unpaired) electrons. The first-order chi connectivity index (χ1) is 13.6. The largest absolute Gasteiger partial charge is 0.356 e. The van der Waals surface area contributed by atoms with Crippen molar-refractivity contribution in [3.63, 3.8) is 0 Å². The molecule has 2 saturated heterocycles. The molecule has 4 rings (SSSR count). The van der Waals surface area contributed by atoms with Crippen LogP contribution in [0, 0.1) is 13.8 Å². The number of nitrogens with zero attached hydrogens (tertiary/aromatic N) is 5. The number of aryl methyl sites for hydroxylation is 2. The van der Waals surface area contributed by atoms with Gasteiger partial charge in [0, 0.05) is 50.9 Å². The van der Waals surface area contributed by atoms with Crippen molar-refractivity contribution in [1.82, 2.24) is 14.9 Å². The minimum absolute atomic E-state index is 0.130. The first kappa shape index (κ1) is 18.7. The molecule has 2 aliphatic heterocycles.